The lowest BCUT2D eigenvalue weighted by Crippen LogP contribution is -2.36. The molecule has 0 amide bonds. The number of benzene rings is 1. The van der Waals surface area contributed by atoms with Gasteiger partial charge in [0.1, 0.15) is 5.75 Å². The first-order chi connectivity index (χ1) is 8.44. The molecule has 1 heterocycles. The molecule has 18 heavy (non-hydrogen) atoms. The third kappa shape index (κ3) is 3.61. The quantitative estimate of drug-likeness (QED) is 0.881. The van der Waals surface area contributed by atoms with Gasteiger partial charge in [0, 0.05) is 18.5 Å². The van der Waals surface area contributed by atoms with Crippen LogP contribution in [0.15, 0.2) is 23.8 Å². The normalized spacial score (nSPS) is 15.4. The highest BCUT2D eigenvalue weighted by atomic mass is 16.5. The molecule has 0 bridgehead atoms. The summed E-state index contributed by atoms with van der Waals surface area (Å²) >= 11 is 0. The number of rotatable bonds is 3. The minimum Gasteiger partial charge on any atom is -0.493 e. The lowest BCUT2D eigenvalue weighted by Gasteiger charge is -2.20. The van der Waals surface area contributed by atoms with Gasteiger partial charge in [-0.15, -0.1) is 0 Å². The van der Waals surface area contributed by atoms with Gasteiger partial charge in [0.05, 0.1) is 6.61 Å². The molecule has 0 saturated heterocycles. The Balaban J connectivity index is 2.03. The first-order valence-corrected chi connectivity index (χ1v) is 6.62. The summed E-state index contributed by atoms with van der Waals surface area (Å²) in [6.07, 6.45) is 3.29. The summed E-state index contributed by atoms with van der Waals surface area (Å²) in [7, 11) is 0. The van der Waals surface area contributed by atoms with E-state index in [1.165, 1.54) is 16.7 Å². The van der Waals surface area contributed by atoms with Crippen LogP contribution in [0, 0.1) is 0 Å². The fourth-order valence-corrected chi connectivity index (χ4v) is 2.04. The predicted molar refractivity (Wildman–Crippen MR) is 77.0 cm³/mol. The zero-order valence-corrected chi connectivity index (χ0v) is 11.8. The highest BCUT2D eigenvalue weighted by Crippen LogP contribution is 2.26. The van der Waals surface area contributed by atoms with E-state index in [0.717, 1.165) is 25.3 Å². The molecule has 0 atom stereocenters. The summed E-state index contributed by atoms with van der Waals surface area (Å²) in [6.45, 7) is 10.5. The Kier molecular flexibility index (Phi) is 3.76. The molecule has 2 nitrogen and oxygen atoms in total. The van der Waals surface area contributed by atoms with Gasteiger partial charge in [-0.3, -0.25) is 0 Å². The van der Waals surface area contributed by atoms with E-state index in [2.05, 4.69) is 57.3 Å². The number of hydrogen-bond acceptors (Lipinski definition) is 2. The molecule has 0 aliphatic carbocycles. The predicted octanol–water partition coefficient (Wildman–Crippen LogP) is 3.41. The van der Waals surface area contributed by atoms with Crippen molar-refractivity contribution in [1.29, 1.82) is 0 Å². The molecule has 1 aromatic rings. The van der Waals surface area contributed by atoms with E-state index in [1.807, 2.05) is 0 Å². The maximum atomic E-state index is 5.52. The molecular weight excluding hydrogens is 222 g/mol. The highest BCUT2D eigenvalue weighted by molar-refractivity contribution is 5.56. The van der Waals surface area contributed by atoms with Crippen LogP contribution in [0.4, 0.5) is 0 Å². The first kappa shape index (κ1) is 13.2. The van der Waals surface area contributed by atoms with Crippen molar-refractivity contribution in [3.63, 3.8) is 0 Å². The van der Waals surface area contributed by atoms with Crippen molar-refractivity contribution >= 4 is 6.08 Å². The first-order valence-electron chi connectivity index (χ1n) is 6.62. The zero-order valence-electron chi connectivity index (χ0n) is 11.8. The molecule has 0 spiro atoms. The Hall–Kier alpha value is -1.28. The van der Waals surface area contributed by atoms with Crippen LogP contribution in [-0.4, -0.2) is 18.7 Å². The molecule has 1 aliphatic rings. The molecular formula is C16H23NO. The van der Waals surface area contributed by atoms with Crippen LogP contribution in [0.2, 0.25) is 0 Å². The minimum absolute atomic E-state index is 0.168. The number of nitrogens with one attached hydrogen (secondary N) is 1. The largest absolute Gasteiger partial charge is 0.493 e. The monoisotopic (exact) mass is 245 g/mol. The summed E-state index contributed by atoms with van der Waals surface area (Å²) in [5.74, 6) is 1.05. The van der Waals surface area contributed by atoms with Gasteiger partial charge in [-0.05, 0) is 51.0 Å². The molecule has 0 radical (unpaired) electrons. The molecule has 1 aromatic carbocycles. The van der Waals surface area contributed by atoms with Crippen molar-refractivity contribution in [3.8, 4) is 5.75 Å². The van der Waals surface area contributed by atoms with Crippen molar-refractivity contribution in [2.45, 2.75) is 39.7 Å². The minimum atomic E-state index is 0.168. The van der Waals surface area contributed by atoms with Gasteiger partial charge in [-0.1, -0.05) is 17.7 Å². The average Bonchev–Trinajstić information content (AvgIpc) is 2.72. The lowest BCUT2D eigenvalue weighted by molar-refractivity contribution is 0.357. The second-order valence-electron chi connectivity index (χ2n) is 6.06. The number of fused-ring (bicyclic) bond motifs is 1. The third-order valence-electron chi connectivity index (χ3n) is 3.02. The standard InChI is InChI=1S/C16H23NO/c1-12(11-17-16(2,3)4)9-13-5-6-15-14(10-13)7-8-18-15/h5-6,9-10,17H,7-8,11H2,1-4H3. The highest BCUT2D eigenvalue weighted by Gasteiger charge is 2.11. The van der Waals surface area contributed by atoms with Gasteiger partial charge in [-0.25, -0.2) is 0 Å². The van der Waals surface area contributed by atoms with Crippen molar-refractivity contribution in [1.82, 2.24) is 5.32 Å². The Bertz CT molecular complexity index is 455. The maximum Gasteiger partial charge on any atom is 0.122 e. The summed E-state index contributed by atoms with van der Waals surface area (Å²) in [4.78, 5) is 0. The summed E-state index contributed by atoms with van der Waals surface area (Å²) in [6, 6.07) is 6.45. The Morgan fingerprint density at radius 3 is 2.89 bits per heavy atom. The van der Waals surface area contributed by atoms with Crippen molar-refractivity contribution < 1.29 is 4.74 Å². The van der Waals surface area contributed by atoms with Gasteiger partial charge < -0.3 is 10.1 Å². The van der Waals surface area contributed by atoms with Crippen LogP contribution < -0.4 is 10.1 Å². The molecule has 2 rings (SSSR count). The molecule has 98 valence electrons. The Labute approximate surface area is 110 Å². The van der Waals surface area contributed by atoms with Gasteiger partial charge in [0.25, 0.3) is 0 Å². The molecule has 0 aromatic heterocycles. The molecule has 0 fully saturated rings. The van der Waals surface area contributed by atoms with E-state index >= 15 is 0 Å². The van der Waals surface area contributed by atoms with Crippen LogP contribution in [0.1, 0.15) is 38.8 Å². The van der Waals surface area contributed by atoms with Gasteiger partial charge in [0.15, 0.2) is 0 Å². The lowest BCUT2D eigenvalue weighted by atomic mass is 10.1. The van der Waals surface area contributed by atoms with Crippen molar-refractivity contribution in [2.24, 2.45) is 0 Å². The van der Waals surface area contributed by atoms with Crippen LogP contribution in [0.3, 0.4) is 0 Å². The maximum absolute atomic E-state index is 5.52. The zero-order chi connectivity index (χ0) is 13.2. The second kappa shape index (κ2) is 5.15. The van der Waals surface area contributed by atoms with E-state index in [0.29, 0.717) is 0 Å². The topological polar surface area (TPSA) is 21.3 Å². The molecule has 0 saturated carbocycles. The van der Waals surface area contributed by atoms with Gasteiger partial charge in [-0.2, -0.15) is 0 Å². The number of hydrogen-bond donors (Lipinski definition) is 1. The molecule has 0 unspecified atom stereocenters. The average molecular weight is 245 g/mol. The van der Waals surface area contributed by atoms with Crippen LogP contribution in [0.25, 0.3) is 6.08 Å². The third-order valence-corrected chi connectivity index (χ3v) is 3.02. The summed E-state index contributed by atoms with van der Waals surface area (Å²) in [5, 5.41) is 3.50. The smallest absolute Gasteiger partial charge is 0.122 e. The fraction of sp³-hybridized carbons (Fsp3) is 0.500. The molecule has 2 heteroatoms. The van der Waals surface area contributed by atoms with E-state index in [9.17, 15) is 0 Å². The van der Waals surface area contributed by atoms with E-state index < -0.39 is 0 Å². The van der Waals surface area contributed by atoms with E-state index in [-0.39, 0.29) is 5.54 Å². The van der Waals surface area contributed by atoms with Gasteiger partial charge >= 0.3 is 0 Å². The van der Waals surface area contributed by atoms with E-state index in [1.54, 1.807) is 0 Å². The van der Waals surface area contributed by atoms with E-state index in [4.69, 9.17) is 4.74 Å². The fourth-order valence-electron chi connectivity index (χ4n) is 2.04. The number of ether oxygens (including phenoxy) is 1. The second-order valence-corrected chi connectivity index (χ2v) is 6.06. The molecule has 1 N–H and O–H groups in total. The summed E-state index contributed by atoms with van der Waals surface area (Å²) in [5.41, 5.74) is 4.12. The van der Waals surface area contributed by atoms with Crippen molar-refractivity contribution in [3.05, 3.63) is 34.9 Å². The van der Waals surface area contributed by atoms with Crippen LogP contribution in [-0.2, 0) is 6.42 Å². The Morgan fingerprint density at radius 2 is 2.17 bits per heavy atom. The molecule has 1 aliphatic heterocycles. The Morgan fingerprint density at radius 1 is 1.39 bits per heavy atom. The SMILES string of the molecule is CC(=Cc1ccc2c(c1)CCO2)CNC(C)(C)C. The van der Waals surface area contributed by atoms with Crippen molar-refractivity contribution in [2.75, 3.05) is 13.2 Å². The van der Waals surface area contributed by atoms with Gasteiger partial charge in [0.2, 0.25) is 0 Å². The van der Waals surface area contributed by atoms with Crippen LogP contribution >= 0.6 is 0 Å². The summed E-state index contributed by atoms with van der Waals surface area (Å²) < 4.78 is 5.52. The van der Waals surface area contributed by atoms with Crippen LogP contribution in [0.5, 0.6) is 5.75 Å².